The summed E-state index contributed by atoms with van der Waals surface area (Å²) in [6.45, 7) is 5.33. The molecule has 5 heteroatoms. The molecule has 0 bridgehead atoms. The van der Waals surface area contributed by atoms with Crippen LogP contribution in [0.3, 0.4) is 0 Å². The largest absolute Gasteiger partial charge is 0.349 e. The fourth-order valence-electron chi connectivity index (χ4n) is 1.34. The number of aromatic nitrogens is 2. The van der Waals surface area contributed by atoms with Crippen molar-refractivity contribution < 1.29 is 4.79 Å². The highest BCUT2D eigenvalue weighted by molar-refractivity contribution is 5.81. The quantitative estimate of drug-likeness (QED) is 0.791. The lowest BCUT2D eigenvalue weighted by Gasteiger charge is -2.19. The average molecular weight is 224 g/mol. The zero-order valence-corrected chi connectivity index (χ0v) is 10.4. The van der Waals surface area contributed by atoms with Crippen molar-refractivity contribution in [1.29, 1.82) is 0 Å². The van der Waals surface area contributed by atoms with Crippen molar-refractivity contribution >= 4 is 5.91 Å². The molecule has 0 fully saturated rings. The van der Waals surface area contributed by atoms with Gasteiger partial charge in [0.05, 0.1) is 24.6 Å². The van der Waals surface area contributed by atoms with Gasteiger partial charge in [-0.2, -0.15) is 0 Å². The van der Waals surface area contributed by atoms with Crippen LogP contribution >= 0.6 is 0 Å². The first kappa shape index (κ1) is 12.7. The number of carbonyl (C=O) groups excluding carboxylic acids is 1. The van der Waals surface area contributed by atoms with Crippen LogP contribution in [-0.4, -0.2) is 40.5 Å². The molecule has 1 N–H and O–H groups in total. The van der Waals surface area contributed by atoms with Crippen molar-refractivity contribution in [3.8, 4) is 0 Å². The topological polar surface area (TPSA) is 50.2 Å². The van der Waals surface area contributed by atoms with Gasteiger partial charge in [-0.05, 0) is 27.9 Å². The number of carbonyl (C=O) groups is 1. The molecule has 1 aromatic heterocycles. The standard InChI is InChI=1S/C11H20N4O/c1-5-15-8-12-6-10(15)7-13-11(16)9(2)14(3)4/h6,8-9H,5,7H2,1-4H3,(H,13,16). The predicted octanol–water partition coefficient (Wildman–Crippen LogP) is 0.469. The molecule has 0 aliphatic rings. The van der Waals surface area contributed by atoms with Crippen LogP contribution in [0.15, 0.2) is 12.5 Å². The Bertz CT molecular complexity index is 346. The second kappa shape index (κ2) is 5.65. The molecule has 0 aromatic carbocycles. The Morgan fingerprint density at radius 1 is 1.62 bits per heavy atom. The Morgan fingerprint density at radius 3 is 2.88 bits per heavy atom. The van der Waals surface area contributed by atoms with Crippen molar-refractivity contribution in [3.05, 3.63) is 18.2 Å². The van der Waals surface area contributed by atoms with Crippen molar-refractivity contribution in [3.63, 3.8) is 0 Å². The lowest BCUT2D eigenvalue weighted by molar-refractivity contribution is -0.125. The second-order valence-corrected chi connectivity index (χ2v) is 4.03. The van der Waals surface area contributed by atoms with Crippen LogP contribution in [0.1, 0.15) is 19.5 Å². The maximum absolute atomic E-state index is 11.7. The molecule has 0 spiro atoms. The van der Waals surface area contributed by atoms with Gasteiger partial charge in [-0.15, -0.1) is 0 Å². The van der Waals surface area contributed by atoms with Gasteiger partial charge in [-0.25, -0.2) is 4.98 Å². The van der Waals surface area contributed by atoms with E-state index in [1.807, 2.05) is 30.5 Å². The third kappa shape index (κ3) is 3.06. The van der Waals surface area contributed by atoms with Gasteiger partial charge in [-0.1, -0.05) is 0 Å². The van der Waals surface area contributed by atoms with Crippen molar-refractivity contribution in [2.75, 3.05) is 14.1 Å². The minimum Gasteiger partial charge on any atom is -0.349 e. The van der Waals surface area contributed by atoms with Crippen LogP contribution in [0.2, 0.25) is 0 Å². The summed E-state index contributed by atoms with van der Waals surface area (Å²) >= 11 is 0. The fourth-order valence-corrected chi connectivity index (χ4v) is 1.34. The first-order valence-electron chi connectivity index (χ1n) is 5.49. The minimum absolute atomic E-state index is 0.0360. The molecule has 1 atom stereocenters. The van der Waals surface area contributed by atoms with Gasteiger partial charge in [0.1, 0.15) is 0 Å². The van der Waals surface area contributed by atoms with Gasteiger partial charge in [0.15, 0.2) is 0 Å². The fraction of sp³-hybridized carbons (Fsp3) is 0.636. The van der Waals surface area contributed by atoms with Crippen LogP contribution in [-0.2, 0) is 17.9 Å². The number of imidazole rings is 1. The molecule has 1 amide bonds. The van der Waals surface area contributed by atoms with E-state index >= 15 is 0 Å². The monoisotopic (exact) mass is 224 g/mol. The summed E-state index contributed by atoms with van der Waals surface area (Å²) in [6, 6.07) is -0.113. The Morgan fingerprint density at radius 2 is 2.31 bits per heavy atom. The van der Waals surface area contributed by atoms with Crippen molar-refractivity contribution in [2.45, 2.75) is 33.0 Å². The number of hydrogen-bond acceptors (Lipinski definition) is 3. The molecule has 1 rings (SSSR count). The summed E-state index contributed by atoms with van der Waals surface area (Å²) in [7, 11) is 3.78. The van der Waals surface area contributed by atoms with E-state index in [9.17, 15) is 4.79 Å². The Kier molecular flexibility index (Phi) is 4.49. The summed E-state index contributed by atoms with van der Waals surface area (Å²) < 4.78 is 2.01. The SMILES string of the molecule is CCn1cncc1CNC(=O)C(C)N(C)C. The summed E-state index contributed by atoms with van der Waals surface area (Å²) in [5, 5.41) is 2.90. The van der Waals surface area contributed by atoms with Gasteiger partial charge < -0.3 is 9.88 Å². The Hall–Kier alpha value is -1.36. The zero-order valence-electron chi connectivity index (χ0n) is 10.4. The third-order valence-electron chi connectivity index (χ3n) is 2.74. The molecule has 0 radical (unpaired) electrons. The normalized spacial score (nSPS) is 12.8. The Balaban J connectivity index is 2.49. The molecule has 90 valence electrons. The van der Waals surface area contributed by atoms with E-state index in [4.69, 9.17) is 0 Å². The number of rotatable bonds is 5. The summed E-state index contributed by atoms with van der Waals surface area (Å²) in [5.41, 5.74) is 1.03. The maximum atomic E-state index is 11.7. The maximum Gasteiger partial charge on any atom is 0.237 e. The first-order valence-corrected chi connectivity index (χ1v) is 5.49. The minimum atomic E-state index is -0.113. The van der Waals surface area contributed by atoms with E-state index in [0.717, 1.165) is 12.2 Å². The highest BCUT2D eigenvalue weighted by Gasteiger charge is 2.14. The van der Waals surface area contributed by atoms with E-state index < -0.39 is 0 Å². The van der Waals surface area contributed by atoms with E-state index in [1.165, 1.54) is 0 Å². The van der Waals surface area contributed by atoms with Gasteiger partial charge in [-0.3, -0.25) is 9.69 Å². The third-order valence-corrected chi connectivity index (χ3v) is 2.74. The molecule has 1 unspecified atom stereocenters. The number of amides is 1. The predicted molar refractivity (Wildman–Crippen MR) is 62.9 cm³/mol. The average Bonchev–Trinajstić information content (AvgIpc) is 2.71. The van der Waals surface area contributed by atoms with Crippen LogP contribution in [0.25, 0.3) is 0 Å². The second-order valence-electron chi connectivity index (χ2n) is 4.03. The van der Waals surface area contributed by atoms with Gasteiger partial charge in [0.2, 0.25) is 5.91 Å². The lowest BCUT2D eigenvalue weighted by atomic mass is 10.3. The molecule has 1 aromatic rings. The first-order chi connectivity index (χ1) is 7.56. The van der Waals surface area contributed by atoms with E-state index in [-0.39, 0.29) is 11.9 Å². The number of hydrogen-bond donors (Lipinski definition) is 1. The Labute approximate surface area is 96.5 Å². The van der Waals surface area contributed by atoms with Gasteiger partial charge in [0.25, 0.3) is 0 Å². The van der Waals surface area contributed by atoms with Gasteiger partial charge in [0, 0.05) is 12.7 Å². The number of likely N-dealkylation sites (N-methyl/N-ethyl adjacent to an activating group) is 1. The number of nitrogens with one attached hydrogen (secondary N) is 1. The van der Waals surface area contributed by atoms with E-state index in [0.29, 0.717) is 6.54 Å². The van der Waals surface area contributed by atoms with Gasteiger partial charge >= 0.3 is 0 Å². The molecule has 5 nitrogen and oxygen atoms in total. The smallest absolute Gasteiger partial charge is 0.237 e. The molecule has 0 aliphatic heterocycles. The van der Waals surface area contributed by atoms with Crippen LogP contribution in [0, 0.1) is 0 Å². The van der Waals surface area contributed by atoms with Crippen molar-refractivity contribution in [2.24, 2.45) is 0 Å². The van der Waals surface area contributed by atoms with Crippen LogP contribution in [0.5, 0.6) is 0 Å². The van der Waals surface area contributed by atoms with Crippen LogP contribution < -0.4 is 5.32 Å². The summed E-state index contributed by atoms with van der Waals surface area (Å²) in [4.78, 5) is 17.6. The summed E-state index contributed by atoms with van der Waals surface area (Å²) in [5.74, 6) is 0.0360. The van der Waals surface area contributed by atoms with Crippen LogP contribution in [0.4, 0.5) is 0 Å². The molecule has 16 heavy (non-hydrogen) atoms. The highest BCUT2D eigenvalue weighted by atomic mass is 16.2. The van der Waals surface area contributed by atoms with E-state index in [2.05, 4.69) is 17.2 Å². The molecule has 0 aliphatic carbocycles. The zero-order chi connectivity index (χ0) is 12.1. The van der Waals surface area contributed by atoms with E-state index in [1.54, 1.807) is 12.5 Å². The number of nitrogens with zero attached hydrogens (tertiary/aromatic N) is 3. The number of aryl methyl sites for hydroxylation is 1. The lowest BCUT2D eigenvalue weighted by Crippen LogP contribution is -2.41. The van der Waals surface area contributed by atoms with Crippen molar-refractivity contribution in [1.82, 2.24) is 19.8 Å². The molecule has 0 saturated carbocycles. The highest BCUT2D eigenvalue weighted by Crippen LogP contribution is 1.99. The summed E-state index contributed by atoms with van der Waals surface area (Å²) in [6.07, 6.45) is 3.56. The molecular formula is C11H20N4O. The molecular weight excluding hydrogens is 204 g/mol. The molecule has 1 heterocycles. The molecule has 0 saturated heterocycles.